The van der Waals surface area contributed by atoms with E-state index in [1.807, 2.05) is 31.2 Å². The third-order valence-electron chi connectivity index (χ3n) is 5.12. The van der Waals surface area contributed by atoms with E-state index in [1.165, 1.54) is 12.1 Å². The minimum Gasteiger partial charge on any atom is -0.439 e. The maximum Gasteiger partial charge on any atom is 0.416 e. The first-order valence-corrected chi connectivity index (χ1v) is 12.1. The monoisotopic (exact) mass is 481 g/mol. The number of halogens is 3. The molecule has 0 saturated heterocycles. The number of rotatable bonds is 8. The first-order chi connectivity index (χ1) is 15.3. The second-order valence-corrected chi connectivity index (χ2v) is 10.0. The Morgan fingerprint density at radius 1 is 1.00 bits per heavy atom. The van der Waals surface area contributed by atoms with Gasteiger partial charge in [0.05, 0.1) is 22.5 Å². The van der Waals surface area contributed by atoms with Crippen molar-refractivity contribution >= 4 is 10.0 Å². The number of hydrogen-bond acceptors (Lipinski definition) is 4. The number of sulfonamides is 1. The van der Waals surface area contributed by atoms with Gasteiger partial charge in [-0.05, 0) is 63.6 Å². The summed E-state index contributed by atoms with van der Waals surface area (Å²) in [6.45, 7) is 7.49. The summed E-state index contributed by atoms with van der Waals surface area (Å²) in [5, 5.41) is 4.54. The third-order valence-corrected chi connectivity index (χ3v) is 6.70. The van der Waals surface area contributed by atoms with Gasteiger partial charge in [-0.15, -0.1) is 0 Å². The lowest BCUT2D eigenvalue weighted by atomic mass is 9.93. The summed E-state index contributed by atoms with van der Waals surface area (Å²) in [6.07, 6.45) is -4.42. The zero-order chi connectivity index (χ0) is 24.4. The second-order valence-electron chi connectivity index (χ2n) is 8.02. The van der Waals surface area contributed by atoms with Gasteiger partial charge in [0, 0.05) is 18.2 Å². The highest BCUT2D eigenvalue weighted by Gasteiger charge is 2.30. The van der Waals surface area contributed by atoms with Crippen LogP contribution >= 0.6 is 0 Å². The van der Waals surface area contributed by atoms with Crippen LogP contribution in [0.1, 0.15) is 38.8 Å². The highest BCUT2D eigenvalue weighted by Crippen LogP contribution is 2.33. The number of aromatic nitrogens is 2. The summed E-state index contributed by atoms with van der Waals surface area (Å²) in [5.41, 5.74) is 0.513. The van der Waals surface area contributed by atoms with Crippen molar-refractivity contribution in [2.45, 2.75) is 46.0 Å². The van der Waals surface area contributed by atoms with Gasteiger partial charge in [0.15, 0.2) is 0 Å². The van der Waals surface area contributed by atoms with Crippen molar-refractivity contribution < 1.29 is 26.3 Å². The number of alkyl halides is 3. The van der Waals surface area contributed by atoms with Gasteiger partial charge in [0.2, 0.25) is 15.9 Å². The van der Waals surface area contributed by atoms with E-state index < -0.39 is 27.3 Å². The quantitative estimate of drug-likeness (QED) is 0.458. The predicted molar refractivity (Wildman–Crippen MR) is 120 cm³/mol. The fourth-order valence-corrected chi connectivity index (χ4v) is 4.31. The van der Waals surface area contributed by atoms with Crippen molar-refractivity contribution in [3.8, 4) is 22.9 Å². The average molecular weight is 482 g/mol. The molecule has 2 aromatic carbocycles. The molecule has 0 aliphatic rings. The lowest BCUT2D eigenvalue weighted by Gasteiger charge is -2.26. The van der Waals surface area contributed by atoms with Crippen LogP contribution in [-0.2, 0) is 28.3 Å². The minimum atomic E-state index is -4.42. The minimum absolute atomic E-state index is 0.0261. The van der Waals surface area contributed by atoms with Gasteiger partial charge in [0.25, 0.3) is 0 Å². The smallest absolute Gasteiger partial charge is 0.416 e. The van der Waals surface area contributed by atoms with E-state index in [-0.39, 0.29) is 11.5 Å². The molecule has 0 aliphatic heterocycles. The largest absolute Gasteiger partial charge is 0.439 e. The molecule has 10 heteroatoms. The van der Waals surface area contributed by atoms with E-state index in [9.17, 15) is 21.6 Å². The van der Waals surface area contributed by atoms with Crippen LogP contribution in [0.15, 0.2) is 54.6 Å². The standard InChI is InChI=1S/C23H26F3N3O3S/c1-5-29-21(32-19-12-10-17(11-13-19)23(24,25)26)15-20(27-29)16-8-7-9-18(14-16)22(3,4)28-33(30,31)6-2/h7-15,28H,5-6H2,1-4H3. The number of hydrogen-bond donors (Lipinski definition) is 1. The van der Waals surface area contributed by atoms with Crippen LogP contribution in [0, 0.1) is 0 Å². The van der Waals surface area contributed by atoms with Crippen LogP contribution in [0.2, 0.25) is 0 Å². The number of benzene rings is 2. The first-order valence-electron chi connectivity index (χ1n) is 10.4. The predicted octanol–water partition coefficient (Wildman–Crippen LogP) is 5.56. The molecule has 1 heterocycles. The third kappa shape index (κ3) is 5.94. The molecule has 0 atom stereocenters. The van der Waals surface area contributed by atoms with Crippen LogP contribution in [0.4, 0.5) is 13.2 Å². The molecule has 3 aromatic rings. The SMILES string of the molecule is CCn1nc(-c2cccc(C(C)(C)NS(=O)(=O)CC)c2)cc1Oc1ccc(C(F)(F)F)cc1. The van der Waals surface area contributed by atoms with Gasteiger partial charge in [-0.3, -0.25) is 0 Å². The van der Waals surface area contributed by atoms with Crippen molar-refractivity contribution in [2.24, 2.45) is 0 Å². The van der Waals surface area contributed by atoms with Crippen molar-refractivity contribution in [3.05, 3.63) is 65.7 Å². The summed E-state index contributed by atoms with van der Waals surface area (Å²) in [5.74, 6) is 0.610. The Bertz CT molecular complexity index is 1220. The average Bonchev–Trinajstić information content (AvgIpc) is 3.16. The van der Waals surface area contributed by atoms with Crippen molar-refractivity contribution in [3.63, 3.8) is 0 Å². The molecule has 178 valence electrons. The summed E-state index contributed by atoms with van der Waals surface area (Å²) >= 11 is 0. The molecule has 0 bridgehead atoms. The topological polar surface area (TPSA) is 73.2 Å². The normalized spacial score (nSPS) is 12.7. The summed E-state index contributed by atoms with van der Waals surface area (Å²) < 4.78 is 72.6. The van der Waals surface area contributed by atoms with E-state index in [4.69, 9.17) is 4.74 Å². The highest BCUT2D eigenvalue weighted by atomic mass is 32.2. The Kier molecular flexibility index (Phi) is 6.90. The van der Waals surface area contributed by atoms with Gasteiger partial charge >= 0.3 is 6.18 Å². The second kappa shape index (κ2) is 9.18. The van der Waals surface area contributed by atoms with Crippen LogP contribution in [0.25, 0.3) is 11.3 Å². The molecule has 0 fully saturated rings. The lowest BCUT2D eigenvalue weighted by molar-refractivity contribution is -0.137. The van der Waals surface area contributed by atoms with Crippen LogP contribution in [0.5, 0.6) is 11.6 Å². The first kappa shape index (κ1) is 24.8. The van der Waals surface area contributed by atoms with E-state index in [0.29, 0.717) is 18.1 Å². The number of nitrogens with zero attached hydrogens (tertiary/aromatic N) is 2. The van der Waals surface area contributed by atoms with E-state index >= 15 is 0 Å². The van der Waals surface area contributed by atoms with Crippen LogP contribution in [-0.4, -0.2) is 24.0 Å². The van der Waals surface area contributed by atoms with Crippen LogP contribution < -0.4 is 9.46 Å². The lowest BCUT2D eigenvalue weighted by Crippen LogP contribution is -2.41. The molecule has 6 nitrogen and oxygen atoms in total. The maximum atomic E-state index is 12.8. The van der Waals surface area contributed by atoms with Crippen LogP contribution in [0.3, 0.4) is 0 Å². The Labute approximate surface area is 191 Å². The van der Waals surface area contributed by atoms with E-state index in [1.54, 1.807) is 31.5 Å². The van der Waals surface area contributed by atoms with Gasteiger partial charge in [0.1, 0.15) is 5.75 Å². The molecular weight excluding hydrogens is 455 g/mol. The molecule has 0 saturated carbocycles. The Morgan fingerprint density at radius 2 is 1.67 bits per heavy atom. The summed E-state index contributed by atoms with van der Waals surface area (Å²) in [7, 11) is -3.42. The zero-order valence-electron chi connectivity index (χ0n) is 18.8. The van der Waals surface area contributed by atoms with E-state index in [2.05, 4.69) is 9.82 Å². The van der Waals surface area contributed by atoms with Gasteiger partial charge in [-0.2, -0.15) is 18.3 Å². The number of aryl methyl sites for hydroxylation is 1. The van der Waals surface area contributed by atoms with Gasteiger partial charge < -0.3 is 4.74 Å². The summed E-state index contributed by atoms with van der Waals surface area (Å²) in [4.78, 5) is 0. The van der Waals surface area contributed by atoms with E-state index in [0.717, 1.165) is 23.3 Å². The molecule has 33 heavy (non-hydrogen) atoms. The van der Waals surface area contributed by atoms with Crippen molar-refractivity contribution in [1.29, 1.82) is 0 Å². The van der Waals surface area contributed by atoms with Crippen molar-refractivity contribution in [1.82, 2.24) is 14.5 Å². The Morgan fingerprint density at radius 3 is 2.24 bits per heavy atom. The zero-order valence-corrected chi connectivity index (χ0v) is 19.6. The fourth-order valence-electron chi connectivity index (χ4n) is 3.27. The molecule has 1 aromatic heterocycles. The molecule has 0 radical (unpaired) electrons. The number of nitrogens with one attached hydrogen (secondary N) is 1. The maximum absolute atomic E-state index is 12.8. The summed E-state index contributed by atoms with van der Waals surface area (Å²) in [6, 6.07) is 13.5. The molecule has 0 spiro atoms. The Balaban J connectivity index is 1.89. The molecule has 1 N–H and O–H groups in total. The number of ether oxygens (including phenoxy) is 1. The van der Waals surface area contributed by atoms with Crippen molar-refractivity contribution in [2.75, 3.05) is 5.75 Å². The van der Waals surface area contributed by atoms with Gasteiger partial charge in [-0.1, -0.05) is 18.2 Å². The fraction of sp³-hybridized carbons (Fsp3) is 0.348. The molecule has 0 amide bonds. The molecule has 0 unspecified atom stereocenters. The Hall–Kier alpha value is -2.85. The highest BCUT2D eigenvalue weighted by molar-refractivity contribution is 7.89. The molecule has 0 aliphatic carbocycles. The molecular formula is C23H26F3N3O3S. The molecule has 3 rings (SSSR count). The van der Waals surface area contributed by atoms with Gasteiger partial charge in [-0.25, -0.2) is 17.8 Å².